The Kier molecular flexibility index (Phi) is 6.17. The normalized spacial score (nSPS) is 21.9. The number of thiazole rings is 1. The van der Waals surface area contributed by atoms with Crippen LogP contribution in [-0.4, -0.2) is 60.8 Å². The summed E-state index contributed by atoms with van der Waals surface area (Å²) in [5.74, 6) is 0.973. The van der Waals surface area contributed by atoms with Crippen molar-refractivity contribution in [2.75, 3.05) is 46.0 Å². The minimum atomic E-state index is 0.473. The molecule has 2 aromatic rings. The minimum absolute atomic E-state index is 0.473. The van der Waals surface area contributed by atoms with Crippen molar-refractivity contribution in [3.63, 3.8) is 0 Å². The first kappa shape index (κ1) is 17.9. The van der Waals surface area contributed by atoms with Gasteiger partial charge in [-0.15, -0.1) is 11.3 Å². The molecule has 5 nitrogen and oxygen atoms in total. The first-order valence-electron chi connectivity index (χ1n) is 9.54. The third-order valence-corrected chi connectivity index (χ3v) is 6.04. The summed E-state index contributed by atoms with van der Waals surface area (Å²) in [7, 11) is 0. The number of aromatic nitrogens is 1. The van der Waals surface area contributed by atoms with Gasteiger partial charge in [-0.2, -0.15) is 0 Å². The van der Waals surface area contributed by atoms with E-state index in [1.165, 1.54) is 23.4 Å². The summed E-state index contributed by atoms with van der Waals surface area (Å²) in [6.07, 6.45) is 4.38. The molecule has 2 saturated heterocycles. The number of hydrogen-bond acceptors (Lipinski definition) is 6. The van der Waals surface area contributed by atoms with Crippen LogP contribution in [0.2, 0.25) is 0 Å². The van der Waals surface area contributed by atoms with Crippen molar-refractivity contribution >= 4 is 11.3 Å². The largest absolute Gasteiger partial charge is 0.492 e. The van der Waals surface area contributed by atoms with Crippen molar-refractivity contribution in [2.24, 2.45) is 0 Å². The predicted molar refractivity (Wildman–Crippen MR) is 104 cm³/mol. The fraction of sp³-hybridized carbons (Fsp3) is 0.550. The van der Waals surface area contributed by atoms with Crippen LogP contribution in [-0.2, 0) is 11.3 Å². The van der Waals surface area contributed by atoms with Gasteiger partial charge >= 0.3 is 0 Å². The molecule has 26 heavy (non-hydrogen) atoms. The number of likely N-dealkylation sites (tertiary alicyclic amines) is 1. The summed E-state index contributed by atoms with van der Waals surface area (Å²) in [5.41, 5.74) is 1.32. The molecule has 2 aliphatic heterocycles. The number of ether oxygens (including phenoxy) is 2. The van der Waals surface area contributed by atoms with E-state index in [1.54, 1.807) is 11.3 Å². The summed E-state index contributed by atoms with van der Waals surface area (Å²) in [6, 6.07) is 9.03. The smallest absolute Gasteiger partial charge is 0.119 e. The Morgan fingerprint density at radius 2 is 2.15 bits per heavy atom. The molecule has 0 spiro atoms. The van der Waals surface area contributed by atoms with Crippen LogP contribution in [0.25, 0.3) is 0 Å². The maximum atomic E-state index is 6.00. The van der Waals surface area contributed by atoms with E-state index in [0.29, 0.717) is 6.04 Å². The van der Waals surface area contributed by atoms with Crippen molar-refractivity contribution in [2.45, 2.75) is 25.4 Å². The van der Waals surface area contributed by atoms with Crippen LogP contribution in [0.1, 0.15) is 29.5 Å². The molecular weight excluding hydrogens is 346 g/mol. The molecule has 1 aromatic carbocycles. The summed E-state index contributed by atoms with van der Waals surface area (Å²) < 4.78 is 11.4. The average Bonchev–Trinajstić information content (AvgIpc) is 3.34. The Hall–Kier alpha value is -1.47. The third kappa shape index (κ3) is 4.62. The molecule has 6 heteroatoms. The number of morpholine rings is 1. The van der Waals surface area contributed by atoms with Crippen molar-refractivity contribution in [1.29, 1.82) is 0 Å². The third-order valence-electron chi connectivity index (χ3n) is 5.16. The van der Waals surface area contributed by atoms with Crippen LogP contribution in [0, 0.1) is 0 Å². The molecule has 0 bridgehead atoms. The fourth-order valence-electron chi connectivity index (χ4n) is 3.78. The molecule has 1 atom stereocenters. The lowest BCUT2D eigenvalue weighted by Gasteiger charge is -2.26. The molecule has 1 aromatic heterocycles. The van der Waals surface area contributed by atoms with Gasteiger partial charge in [0.2, 0.25) is 0 Å². The van der Waals surface area contributed by atoms with Crippen LogP contribution in [0.3, 0.4) is 0 Å². The summed E-state index contributed by atoms with van der Waals surface area (Å²) in [4.78, 5) is 9.48. The lowest BCUT2D eigenvalue weighted by atomic mass is 10.2. The van der Waals surface area contributed by atoms with Gasteiger partial charge in [0.1, 0.15) is 17.4 Å². The van der Waals surface area contributed by atoms with E-state index < -0.39 is 0 Å². The number of hydrogen-bond donors (Lipinski definition) is 0. The van der Waals surface area contributed by atoms with Gasteiger partial charge in [-0.3, -0.25) is 9.80 Å². The highest BCUT2D eigenvalue weighted by Gasteiger charge is 2.27. The highest BCUT2D eigenvalue weighted by molar-refractivity contribution is 7.09. The van der Waals surface area contributed by atoms with Crippen LogP contribution >= 0.6 is 11.3 Å². The van der Waals surface area contributed by atoms with Crippen LogP contribution in [0.15, 0.2) is 35.8 Å². The van der Waals surface area contributed by atoms with Gasteiger partial charge in [0.05, 0.1) is 19.3 Å². The molecule has 3 heterocycles. The van der Waals surface area contributed by atoms with Crippen LogP contribution < -0.4 is 4.74 Å². The average molecular weight is 374 g/mol. The Morgan fingerprint density at radius 1 is 1.23 bits per heavy atom. The fourth-order valence-corrected chi connectivity index (χ4v) is 4.59. The van der Waals surface area contributed by atoms with Gasteiger partial charge in [0, 0.05) is 37.8 Å². The zero-order chi connectivity index (χ0) is 17.6. The zero-order valence-corrected chi connectivity index (χ0v) is 16.0. The lowest BCUT2D eigenvalue weighted by Crippen LogP contribution is -2.38. The predicted octanol–water partition coefficient (Wildman–Crippen LogP) is 3.19. The standard InChI is InChI=1S/C20H27N3O2S/c1-3-17(16-23-7-2-5-19(23)20-21-6-14-26-20)15-18(4-1)25-13-10-22-8-11-24-12-9-22/h1,3-4,6,14-15,19H,2,5,7-13,16H2. The van der Waals surface area contributed by atoms with E-state index >= 15 is 0 Å². The molecule has 4 rings (SSSR count). The highest BCUT2D eigenvalue weighted by atomic mass is 32.1. The van der Waals surface area contributed by atoms with Gasteiger partial charge in [0.25, 0.3) is 0 Å². The maximum absolute atomic E-state index is 6.00. The second-order valence-corrected chi connectivity index (χ2v) is 7.87. The summed E-state index contributed by atoms with van der Waals surface area (Å²) in [5, 5.41) is 3.33. The van der Waals surface area contributed by atoms with Crippen molar-refractivity contribution in [1.82, 2.24) is 14.8 Å². The van der Waals surface area contributed by atoms with Gasteiger partial charge in [0.15, 0.2) is 0 Å². The molecule has 1 unspecified atom stereocenters. The SMILES string of the molecule is c1cc(CN2CCCC2c2nccs2)cc(OCCN2CCOCC2)c1. The minimum Gasteiger partial charge on any atom is -0.492 e. The second kappa shape index (κ2) is 8.95. The number of nitrogens with zero attached hydrogens (tertiary/aromatic N) is 3. The van der Waals surface area contributed by atoms with Gasteiger partial charge in [-0.05, 0) is 37.1 Å². The summed E-state index contributed by atoms with van der Waals surface area (Å²) >= 11 is 1.77. The quantitative estimate of drug-likeness (QED) is 0.745. The monoisotopic (exact) mass is 373 g/mol. The van der Waals surface area contributed by atoms with Crippen LogP contribution in [0.5, 0.6) is 5.75 Å². The highest BCUT2D eigenvalue weighted by Crippen LogP contribution is 2.34. The topological polar surface area (TPSA) is 37.8 Å². The first-order chi connectivity index (χ1) is 12.9. The Bertz CT molecular complexity index is 673. The molecular formula is C20H27N3O2S. The molecule has 0 amide bonds. The number of rotatable bonds is 7. The molecule has 2 aliphatic rings. The van der Waals surface area contributed by atoms with E-state index in [4.69, 9.17) is 9.47 Å². The molecule has 140 valence electrons. The van der Waals surface area contributed by atoms with E-state index in [0.717, 1.165) is 58.3 Å². The van der Waals surface area contributed by atoms with Crippen molar-refractivity contribution < 1.29 is 9.47 Å². The van der Waals surface area contributed by atoms with Crippen LogP contribution in [0.4, 0.5) is 0 Å². The maximum Gasteiger partial charge on any atom is 0.119 e. The summed E-state index contributed by atoms with van der Waals surface area (Å²) in [6.45, 7) is 7.50. The zero-order valence-electron chi connectivity index (χ0n) is 15.2. The Morgan fingerprint density at radius 3 is 3.00 bits per heavy atom. The second-order valence-electron chi connectivity index (χ2n) is 6.95. The van der Waals surface area contributed by atoms with Gasteiger partial charge < -0.3 is 9.47 Å². The van der Waals surface area contributed by atoms with E-state index in [-0.39, 0.29) is 0 Å². The molecule has 0 saturated carbocycles. The van der Waals surface area contributed by atoms with Gasteiger partial charge in [-0.25, -0.2) is 4.98 Å². The van der Waals surface area contributed by atoms with Gasteiger partial charge in [-0.1, -0.05) is 12.1 Å². The Balaban J connectivity index is 1.31. The van der Waals surface area contributed by atoms with E-state index in [9.17, 15) is 0 Å². The number of benzene rings is 1. The first-order valence-corrected chi connectivity index (χ1v) is 10.4. The molecule has 0 radical (unpaired) electrons. The molecule has 0 N–H and O–H groups in total. The molecule has 0 aliphatic carbocycles. The Labute approximate surface area is 159 Å². The molecule has 2 fully saturated rings. The van der Waals surface area contributed by atoms with Crippen molar-refractivity contribution in [3.05, 3.63) is 46.4 Å². The van der Waals surface area contributed by atoms with Crippen molar-refractivity contribution in [3.8, 4) is 5.75 Å². The van der Waals surface area contributed by atoms with E-state index in [1.807, 2.05) is 6.20 Å². The lowest BCUT2D eigenvalue weighted by molar-refractivity contribution is 0.0322. The van der Waals surface area contributed by atoms with E-state index in [2.05, 4.69) is 44.4 Å².